The number of hydrogen-bond donors (Lipinski definition) is 0. The van der Waals surface area contributed by atoms with Crippen LogP contribution in [0.5, 0.6) is 11.5 Å². The summed E-state index contributed by atoms with van der Waals surface area (Å²) in [5.74, 6) is 1.76. The predicted molar refractivity (Wildman–Crippen MR) is 449 cm³/mol. The van der Waals surface area contributed by atoms with Crippen LogP contribution in [0.3, 0.4) is 0 Å². The molecule has 17 aromatic carbocycles. The summed E-state index contributed by atoms with van der Waals surface area (Å²) < 4.78 is 11.6. The minimum atomic E-state index is -0.595. The van der Waals surface area contributed by atoms with Crippen LogP contribution >= 0.6 is 0 Å². The van der Waals surface area contributed by atoms with Gasteiger partial charge in [-0.25, -0.2) is 0 Å². The standard InChI is InChI=1S/C103H68N4O/c1-3-19-69(20-4-1)75-43-51-79(52-44-75)104(83-59-61-84(62-60-83)106-97-30-14-10-26-91(97)92-66-64-86(68-100(92)106)107-98-31-15-8-24-89(98)90-25-9-16-32-99(90)107)80-53-47-77(48-54-80)73-39-35-71(36-40-73)72-37-41-74(42-38-72)78-49-57-82(58-50-78)105(81-55-45-76(46-56-81)70-21-5-2-6-22-70)85-63-65-88-87-23-7-11-27-93(87)103(96(88)67-85)94-28-12-17-33-101(94)108-102-34-18-13-29-95(102)103/h1-68H. The summed E-state index contributed by atoms with van der Waals surface area (Å²) >= 11 is 0. The van der Waals surface area contributed by atoms with E-state index >= 15 is 0 Å². The van der Waals surface area contributed by atoms with Gasteiger partial charge in [-0.3, -0.25) is 0 Å². The van der Waals surface area contributed by atoms with Crippen molar-refractivity contribution < 1.29 is 4.74 Å². The molecule has 21 rings (SSSR count). The smallest absolute Gasteiger partial charge is 0.132 e. The Hall–Kier alpha value is -14.3. The van der Waals surface area contributed by atoms with Crippen LogP contribution in [0.15, 0.2) is 413 Å². The maximum absolute atomic E-state index is 6.72. The number of para-hydroxylation sites is 5. The fourth-order valence-electron chi connectivity index (χ4n) is 17.4. The van der Waals surface area contributed by atoms with E-state index in [0.717, 1.165) is 107 Å². The van der Waals surface area contributed by atoms with Crippen molar-refractivity contribution in [2.45, 2.75) is 5.41 Å². The Kier molecular flexibility index (Phi) is 14.8. The Bertz CT molecular complexity index is 6540. The molecule has 3 heterocycles. The molecule has 0 bridgehead atoms. The normalized spacial score (nSPS) is 12.4. The fraction of sp³-hybridized carbons (Fsp3) is 0.00971. The van der Waals surface area contributed by atoms with E-state index in [0.29, 0.717) is 0 Å². The van der Waals surface area contributed by atoms with Crippen molar-refractivity contribution in [1.82, 2.24) is 9.13 Å². The Labute approximate surface area is 627 Å². The van der Waals surface area contributed by atoms with Crippen LogP contribution < -0.4 is 14.5 Å². The van der Waals surface area contributed by atoms with Gasteiger partial charge in [-0.2, -0.15) is 0 Å². The van der Waals surface area contributed by atoms with Gasteiger partial charge in [0.25, 0.3) is 0 Å². The van der Waals surface area contributed by atoms with Gasteiger partial charge in [0.05, 0.1) is 27.5 Å². The zero-order valence-electron chi connectivity index (χ0n) is 59.0. The predicted octanol–water partition coefficient (Wildman–Crippen LogP) is 27.6. The van der Waals surface area contributed by atoms with Crippen molar-refractivity contribution in [2.24, 2.45) is 0 Å². The molecule has 5 heteroatoms. The number of rotatable bonds is 13. The number of anilines is 6. The Balaban J connectivity index is 0.573. The summed E-state index contributed by atoms with van der Waals surface area (Å²) in [4.78, 5) is 4.77. The molecule has 0 fully saturated rings. The number of ether oxygens (including phenoxy) is 1. The van der Waals surface area contributed by atoms with E-state index < -0.39 is 5.41 Å². The van der Waals surface area contributed by atoms with Crippen LogP contribution in [0.2, 0.25) is 0 Å². The second kappa shape index (κ2) is 25.6. The molecule has 0 saturated heterocycles. The minimum absolute atomic E-state index is 0.595. The third-order valence-corrected chi connectivity index (χ3v) is 22.4. The number of fused-ring (bicyclic) bond motifs is 15. The topological polar surface area (TPSA) is 25.6 Å². The Morgan fingerprint density at radius 3 is 0.926 bits per heavy atom. The average Bonchev–Trinajstić information content (AvgIpc) is 1.50. The fourth-order valence-corrected chi connectivity index (χ4v) is 17.4. The van der Waals surface area contributed by atoms with Gasteiger partial charge in [0.2, 0.25) is 0 Å². The Morgan fingerprint density at radius 2 is 0.491 bits per heavy atom. The lowest BCUT2D eigenvalue weighted by atomic mass is 9.66. The lowest BCUT2D eigenvalue weighted by Gasteiger charge is -2.39. The first-order chi connectivity index (χ1) is 53.5. The zero-order valence-corrected chi connectivity index (χ0v) is 59.0. The van der Waals surface area contributed by atoms with Crippen molar-refractivity contribution >= 4 is 77.7 Å². The summed E-state index contributed by atoms with van der Waals surface area (Å²) in [5.41, 5.74) is 31.7. The molecule has 2 aromatic heterocycles. The molecule has 1 aliphatic heterocycles. The highest BCUT2D eigenvalue weighted by atomic mass is 16.5. The van der Waals surface area contributed by atoms with Crippen LogP contribution in [-0.2, 0) is 5.41 Å². The number of hydrogen-bond acceptors (Lipinski definition) is 3. The van der Waals surface area contributed by atoms with E-state index in [1.807, 2.05) is 0 Å². The summed E-state index contributed by atoms with van der Waals surface area (Å²) in [7, 11) is 0. The summed E-state index contributed by atoms with van der Waals surface area (Å²) in [6.45, 7) is 0. The minimum Gasteiger partial charge on any atom is -0.457 e. The first-order valence-corrected chi connectivity index (χ1v) is 37.1. The highest BCUT2D eigenvalue weighted by Gasteiger charge is 2.51. The van der Waals surface area contributed by atoms with Crippen LogP contribution in [-0.4, -0.2) is 9.13 Å². The second-order valence-corrected chi connectivity index (χ2v) is 28.3. The third-order valence-electron chi connectivity index (χ3n) is 22.4. The van der Waals surface area contributed by atoms with Gasteiger partial charge in [-0.05, 0) is 205 Å². The first kappa shape index (κ1) is 62.3. The van der Waals surface area contributed by atoms with Crippen LogP contribution in [0.25, 0.3) is 122 Å². The number of benzene rings is 17. The molecular formula is C103H68N4O. The van der Waals surface area contributed by atoms with E-state index in [-0.39, 0.29) is 0 Å². The average molecular weight is 1380 g/mol. The highest BCUT2D eigenvalue weighted by molar-refractivity contribution is 6.12. The van der Waals surface area contributed by atoms with E-state index in [2.05, 4.69) is 431 Å². The van der Waals surface area contributed by atoms with Crippen LogP contribution in [0.4, 0.5) is 34.1 Å². The lowest BCUT2D eigenvalue weighted by Crippen LogP contribution is -2.32. The van der Waals surface area contributed by atoms with Crippen molar-refractivity contribution in [2.75, 3.05) is 9.80 Å². The van der Waals surface area contributed by atoms with Crippen molar-refractivity contribution in [1.29, 1.82) is 0 Å². The quantitative estimate of drug-likeness (QED) is 0.115. The molecule has 1 aliphatic carbocycles. The number of nitrogens with zero attached hydrogens (tertiary/aromatic N) is 4. The summed E-state index contributed by atoms with van der Waals surface area (Å²) in [6.07, 6.45) is 0. The third kappa shape index (κ3) is 10.2. The SMILES string of the molecule is c1ccc(-c2ccc(N(c3ccc(-c4ccc(-c5ccc(-c6ccc(N(c7ccc(-c8ccccc8)cc7)c7ccc8c(c7)C7(c9ccccc9Oc9ccccc97)c7ccccc7-8)cc6)cc5)cc4)cc3)c3ccc(-n4c5ccccc5c5ccc(-n6c7ccccc7c7ccccc76)cc54)cc3)cc2)cc1. The summed E-state index contributed by atoms with van der Waals surface area (Å²) in [5, 5.41) is 4.94. The molecule has 0 radical (unpaired) electrons. The maximum atomic E-state index is 6.72. The van der Waals surface area contributed by atoms with E-state index in [1.54, 1.807) is 0 Å². The molecular weight excluding hydrogens is 1310 g/mol. The largest absolute Gasteiger partial charge is 0.457 e. The monoisotopic (exact) mass is 1380 g/mol. The molecule has 5 nitrogen and oxygen atoms in total. The van der Waals surface area contributed by atoms with E-state index in [4.69, 9.17) is 4.74 Å². The molecule has 0 amide bonds. The molecule has 1 spiro atoms. The van der Waals surface area contributed by atoms with Gasteiger partial charge in [0.15, 0.2) is 0 Å². The van der Waals surface area contributed by atoms with Crippen LogP contribution in [0.1, 0.15) is 22.3 Å². The maximum Gasteiger partial charge on any atom is 0.132 e. The molecule has 0 N–H and O–H groups in total. The molecule has 0 unspecified atom stereocenters. The van der Waals surface area contributed by atoms with Gasteiger partial charge < -0.3 is 23.7 Å². The Morgan fingerprint density at radius 1 is 0.194 bits per heavy atom. The second-order valence-electron chi connectivity index (χ2n) is 28.3. The molecule has 108 heavy (non-hydrogen) atoms. The summed E-state index contributed by atoms with van der Waals surface area (Å²) in [6, 6.07) is 151. The van der Waals surface area contributed by atoms with Crippen molar-refractivity contribution in [3.8, 4) is 89.6 Å². The molecule has 0 atom stereocenters. The van der Waals surface area contributed by atoms with Crippen molar-refractivity contribution in [3.63, 3.8) is 0 Å². The van der Waals surface area contributed by atoms with Gasteiger partial charge >= 0.3 is 0 Å². The van der Waals surface area contributed by atoms with E-state index in [1.165, 1.54) is 82.6 Å². The lowest BCUT2D eigenvalue weighted by molar-refractivity contribution is 0.436. The van der Waals surface area contributed by atoms with Gasteiger partial charge in [-0.15, -0.1) is 0 Å². The molecule has 506 valence electrons. The molecule has 19 aromatic rings. The zero-order chi connectivity index (χ0) is 71.2. The highest BCUT2D eigenvalue weighted by Crippen LogP contribution is 2.63. The van der Waals surface area contributed by atoms with Gasteiger partial charge in [-0.1, -0.05) is 285 Å². The van der Waals surface area contributed by atoms with Gasteiger partial charge in [0.1, 0.15) is 11.5 Å². The molecule has 0 saturated carbocycles. The van der Waals surface area contributed by atoms with Crippen LogP contribution in [0, 0.1) is 0 Å². The van der Waals surface area contributed by atoms with Crippen molar-refractivity contribution in [3.05, 3.63) is 435 Å². The number of aromatic nitrogens is 2. The van der Waals surface area contributed by atoms with E-state index in [9.17, 15) is 0 Å². The first-order valence-electron chi connectivity index (χ1n) is 37.1. The van der Waals surface area contributed by atoms with Gasteiger partial charge in [0, 0.05) is 78.2 Å². The molecule has 2 aliphatic rings.